The van der Waals surface area contributed by atoms with Crippen molar-refractivity contribution in [2.45, 2.75) is 0 Å². The van der Waals surface area contributed by atoms with Crippen LogP contribution < -0.4 is 16.0 Å². The van der Waals surface area contributed by atoms with E-state index < -0.39 is 0 Å². The normalized spacial score (nSPS) is 23.4. The van der Waals surface area contributed by atoms with Crippen LogP contribution >= 0.6 is 0 Å². The Morgan fingerprint density at radius 2 is 2.44 bits per heavy atom. The van der Waals surface area contributed by atoms with Crippen molar-refractivity contribution in [3.8, 4) is 0 Å². The van der Waals surface area contributed by atoms with Crippen LogP contribution in [0.1, 0.15) is 0 Å². The summed E-state index contributed by atoms with van der Waals surface area (Å²) in [5, 5.41) is 9.48. The van der Waals surface area contributed by atoms with Gasteiger partial charge in [-0.2, -0.15) is 0 Å². The lowest BCUT2D eigenvalue weighted by atomic mass is 10.3. The molecule has 1 heterocycles. The van der Waals surface area contributed by atoms with Crippen LogP contribution in [0.3, 0.4) is 0 Å². The van der Waals surface area contributed by atoms with Gasteiger partial charge < -0.3 is 16.0 Å². The summed E-state index contributed by atoms with van der Waals surface area (Å²) in [7, 11) is 1.91. The molecule has 52 valence electrons. The molecule has 0 aromatic rings. The van der Waals surface area contributed by atoms with Crippen molar-refractivity contribution in [3.05, 3.63) is 11.9 Å². The average Bonchev–Trinajstić information content (AvgIpc) is 1.91. The lowest BCUT2D eigenvalue weighted by molar-refractivity contribution is 0.594. The van der Waals surface area contributed by atoms with Crippen molar-refractivity contribution < 1.29 is 0 Å². The molecule has 1 aliphatic rings. The van der Waals surface area contributed by atoms with Crippen LogP contribution in [0.4, 0.5) is 0 Å². The standard InChI is InChI=1S/C6H13N3/c1-7-4-6-5-8-2-3-9-6/h4,7-9H,2-3,5H2,1H3/b6-4-. The quantitative estimate of drug-likeness (QED) is 0.433. The topological polar surface area (TPSA) is 36.1 Å². The molecule has 0 amide bonds. The largest absolute Gasteiger partial charge is 0.393 e. The molecule has 1 aliphatic heterocycles. The van der Waals surface area contributed by atoms with Gasteiger partial charge in [0.1, 0.15) is 0 Å². The Labute approximate surface area is 55.5 Å². The third kappa shape index (κ3) is 1.93. The molecule has 9 heavy (non-hydrogen) atoms. The molecule has 0 atom stereocenters. The molecule has 3 N–H and O–H groups in total. The van der Waals surface area contributed by atoms with Gasteiger partial charge in [-0.1, -0.05) is 0 Å². The highest BCUT2D eigenvalue weighted by Gasteiger charge is 1.99. The number of hydrogen-bond acceptors (Lipinski definition) is 3. The maximum atomic E-state index is 3.26. The number of piperazine rings is 1. The third-order valence-electron chi connectivity index (χ3n) is 1.29. The summed E-state index contributed by atoms with van der Waals surface area (Å²) in [6, 6.07) is 0. The molecular formula is C6H13N3. The molecule has 0 unspecified atom stereocenters. The molecule has 3 heteroatoms. The molecule has 1 saturated heterocycles. The predicted molar refractivity (Wildman–Crippen MR) is 38.0 cm³/mol. The lowest BCUT2D eigenvalue weighted by Crippen LogP contribution is -2.38. The molecule has 0 spiro atoms. The van der Waals surface area contributed by atoms with E-state index in [0.717, 1.165) is 19.6 Å². The first-order valence-corrected chi connectivity index (χ1v) is 3.24. The van der Waals surface area contributed by atoms with Crippen molar-refractivity contribution in [3.63, 3.8) is 0 Å². The van der Waals surface area contributed by atoms with E-state index in [1.165, 1.54) is 5.70 Å². The second-order valence-electron chi connectivity index (χ2n) is 2.06. The Morgan fingerprint density at radius 3 is 3.00 bits per heavy atom. The van der Waals surface area contributed by atoms with Gasteiger partial charge in [-0.3, -0.25) is 0 Å². The fraction of sp³-hybridized carbons (Fsp3) is 0.667. The minimum absolute atomic E-state index is 0.959. The van der Waals surface area contributed by atoms with Crippen LogP contribution in [0.25, 0.3) is 0 Å². The number of hydrogen-bond donors (Lipinski definition) is 3. The number of rotatable bonds is 1. The Bertz CT molecular complexity index is 101. The van der Waals surface area contributed by atoms with E-state index in [-0.39, 0.29) is 0 Å². The zero-order valence-electron chi connectivity index (χ0n) is 5.70. The monoisotopic (exact) mass is 127 g/mol. The van der Waals surface area contributed by atoms with Gasteiger partial charge in [-0.15, -0.1) is 0 Å². The fourth-order valence-electron chi connectivity index (χ4n) is 0.873. The van der Waals surface area contributed by atoms with Crippen LogP contribution in [-0.4, -0.2) is 26.7 Å². The molecule has 0 bridgehead atoms. The summed E-state index contributed by atoms with van der Waals surface area (Å²) in [5.74, 6) is 0. The lowest BCUT2D eigenvalue weighted by Gasteiger charge is -2.17. The maximum Gasteiger partial charge on any atom is 0.0407 e. The third-order valence-corrected chi connectivity index (χ3v) is 1.29. The zero-order chi connectivity index (χ0) is 6.53. The second-order valence-corrected chi connectivity index (χ2v) is 2.06. The highest BCUT2D eigenvalue weighted by molar-refractivity contribution is 5.02. The highest BCUT2D eigenvalue weighted by Crippen LogP contribution is 1.86. The van der Waals surface area contributed by atoms with E-state index in [4.69, 9.17) is 0 Å². The summed E-state index contributed by atoms with van der Waals surface area (Å²) in [4.78, 5) is 0. The van der Waals surface area contributed by atoms with Gasteiger partial charge in [0, 0.05) is 38.6 Å². The van der Waals surface area contributed by atoms with Gasteiger partial charge >= 0.3 is 0 Å². The molecule has 1 fully saturated rings. The Hall–Kier alpha value is -0.700. The molecule has 1 rings (SSSR count). The molecule has 0 saturated carbocycles. The summed E-state index contributed by atoms with van der Waals surface area (Å²) in [6.07, 6.45) is 1.98. The van der Waals surface area contributed by atoms with Crippen LogP contribution in [0.15, 0.2) is 11.9 Å². The van der Waals surface area contributed by atoms with Gasteiger partial charge in [0.2, 0.25) is 0 Å². The summed E-state index contributed by atoms with van der Waals surface area (Å²) < 4.78 is 0. The van der Waals surface area contributed by atoms with E-state index in [2.05, 4.69) is 16.0 Å². The van der Waals surface area contributed by atoms with E-state index in [1.54, 1.807) is 0 Å². The van der Waals surface area contributed by atoms with Crippen molar-refractivity contribution in [2.75, 3.05) is 26.7 Å². The first-order valence-electron chi connectivity index (χ1n) is 3.24. The summed E-state index contributed by atoms with van der Waals surface area (Å²) in [6.45, 7) is 3.06. The van der Waals surface area contributed by atoms with Crippen molar-refractivity contribution in [1.82, 2.24) is 16.0 Å². The Kier molecular flexibility index (Phi) is 2.39. The molecule has 0 aromatic heterocycles. The Morgan fingerprint density at radius 1 is 1.56 bits per heavy atom. The SMILES string of the molecule is CN/C=C1/CNCCN1. The van der Waals surface area contributed by atoms with Crippen LogP contribution in [0, 0.1) is 0 Å². The molecule has 3 nitrogen and oxygen atoms in total. The van der Waals surface area contributed by atoms with Gasteiger partial charge in [0.15, 0.2) is 0 Å². The van der Waals surface area contributed by atoms with Gasteiger partial charge in [0.05, 0.1) is 0 Å². The maximum absolute atomic E-state index is 3.26. The van der Waals surface area contributed by atoms with E-state index in [1.807, 2.05) is 13.2 Å². The van der Waals surface area contributed by atoms with E-state index in [9.17, 15) is 0 Å². The minimum Gasteiger partial charge on any atom is -0.393 e. The number of nitrogens with one attached hydrogen (secondary N) is 3. The van der Waals surface area contributed by atoms with E-state index in [0.29, 0.717) is 0 Å². The zero-order valence-corrected chi connectivity index (χ0v) is 5.70. The van der Waals surface area contributed by atoms with Crippen LogP contribution in [0.2, 0.25) is 0 Å². The first-order chi connectivity index (χ1) is 4.43. The summed E-state index contributed by atoms with van der Waals surface area (Å²) >= 11 is 0. The molecule has 0 aliphatic carbocycles. The second kappa shape index (κ2) is 3.35. The average molecular weight is 127 g/mol. The fourth-order valence-corrected chi connectivity index (χ4v) is 0.873. The van der Waals surface area contributed by atoms with Crippen molar-refractivity contribution in [1.29, 1.82) is 0 Å². The molecular weight excluding hydrogens is 114 g/mol. The summed E-state index contributed by atoms with van der Waals surface area (Å²) in [5.41, 5.74) is 1.24. The van der Waals surface area contributed by atoms with E-state index >= 15 is 0 Å². The Balaban J connectivity index is 2.30. The van der Waals surface area contributed by atoms with Crippen LogP contribution in [-0.2, 0) is 0 Å². The molecule has 0 radical (unpaired) electrons. The van der Waals surface area contributed by atoms with Crippen molar-refractivity contribution >= 4 is 0 Å². The van der Waals surface area contributed by atoms with Gasteiger partial charge in [-0.05, 0) is 0 Å². The molecule has 0 aromatic carbocycles. The predicted octanol–water partition coefficient (Wildman–Crippen LogP) is -0.760. The van der Waals surface area contributed by atoms with Gasteiger partial charge in [0.25, 0.3) is 0 Å². The first kappa shape index (κ1) is 6.42. The minimum atomic E-state index is 0.959. The smallest absolute Gasteiger partial charge is 0.0407 e. The van der Waals surface area contributed by atoms with Crippen LogP contribution in [0.5, 0.6) is 0 Å². The highest BCUT2D eigenvalue weighted by atomic mass is 15.0. The van der Waals surface area contributed by atoms with Crippen molar-refractivity contribution in [2.24, 2.45) is 0 Å². The van der Waals surface area contributed by atoms with Gasteiger partial charge in [-0.25, -0.2) is 0 Å².